The highest BCUT2D eigenvalue weighted by Crippen LogP contribution is 2.27. The minimum absolute atomic E-state index is 0.176. The van der Waals surface area contributed by atoms with Crippen molar-refractivity contribution in [2.24, 2.45) is 0 Å². The summed E-state index contributed by atoms with van der Waals surface area (Å²) in [7, 11) is -3.48. The van der Waals surface area contributed by atoms with Crippen molar-refractivity contribution >= 4 is 15.7 Å². The van der Waals surface area contributed by atoms with Crippen molar-refractivity contribution in [1.82, 2.24) is 20.0 Å². The summed E-state index contributed by atoms with van der Waals surface area (Å²) in [5.74, 6) is 0.577. The fraction of sp³-hybridized carbons (Fsp3) is 0.500. The second-order valence-electron chi connectivity index (χ2n) is 5.79. The SMILES string of the molecule is CS(=O)(=O)c1ccc(-n2nc(C(F)F)cc2NC2CCCC2)nn1. The molecule has 0 unspecified atom stereocenters. The molecule has 24 heavy (non-hydrogen) atoms. The summed E-state index contributed by atoms with van der Waals surface area (Å²) in [6, 6.07) is 4.16. The van der Waals surface area contributed by atoms with Gasteiger partial charge in [-0.05, 0) is 25.0 Å². The molecule has 2 aromatic rings. The van der Waals surface area contributed by atoms with Crippen molar-refractivity contribution in [3.63, 3.8) is 0 Å². The van der Waals surface area contributed by atoms with Gasteiger partial charge in [-0.25, -0.2) is 17.2 Å². The zero-order chi connectivity index (χ0) is 17.3. The molecule has 130 valence electrons. The summed E-state index contributed by atoms with van der Waals surface area (Å²) in [6.45, 7) is 0. The minimum Gasteiger partial charge on any atom is -0.367 e. The Balaban J connectivity index is 1.95. The molecule has 0 amide bonds. The molecule has 0 spiro atoms. The fourth-order valence-electron chi connectivity index (χ4n) is 2.69. The number of alkyl halides is 2. The topological polar surface area (TPSA) is 89.8 Å². The summed E-state index contributed by atoms with van der Waals surface area (Å²) >= 11 is 0. The summed E-state index contributed by atoms with van der Waals surface area (Å²) in [6.07, 6.45) is 2.43. The van der Waals surface area contributed by atoms with Crippen LogP contribution in [0.4, 0.5) is 14.6 Å². The maximum absolute atomic E-state index is 13.0. The lowest BCUT2D eigenvalue weighted by molar-refractivity contribution is 0.145. The Hall–Kier alpha value is -2.10. The maximum atomic E-state index is 13.0. The van der Waals surface area contributed by atoms with Crippen LogP contribution in [0.3, 0.4) is 0 Å². The van der Waals surface area contributed by atoms with E-state index in [2.05, 4.69) is 20.6 Å². The molecule has 1 saturated carbocycles. The van der Waals surface area contributed by atoms with Gasteiger partial charge in [0, 0.05) is 18.4 Å². The second-order valence-corrected chi connectivity index (χ2v) is 7.76. The second kappa shape index (κ2) is 6.42. The van der Waals surface area contributed by atoms with Gasteiger partial charge in [0.05, 0.1) is 0 Å². The van der Waals surface area contributed by atoms with Crippen LogP contribution >= 0.6 is 0 Å². The molecular formula is C14H17F2N5O2S. The number of sulfone groups is 1. The van der Waals surface area contributed by atoms with E-state index < -0.39 is 16.3 Å². The number of hydrogen-bond acceptors (Lipinski definition) is 6. The zero-order valence-electron chi connectivity index (χ0n) is 13.0. The number of hydrogen-bond donors (Lipinski definition) is 1. The van der Waals surface area contributed by atoms with Crippen molar-refractivity contribution in [3.8, 4) is 5.82 Å². The predicted molar refractivity (Wildman–Crippen MR) is 83.1 cm³/mol. The molecule has 2 aromatic heterocycles. The van der Waals surface area contributed by atoms with E-state index in [1.165, 1.54) is 22.9 Å². The molecule has 1 aliphatic carbocycles. The highest BCUT2D eigenvalue weighted by atomic mass is 32.2. The van der Waals surface area contributed by atoms with Crippen LogP contribution in [-0.2, 0) is 9.84 Å². The number of halogens is 2. The molecule has 1 N–H and O–H groups in total. The van der Waals surface area contributed by atoms with Gasteiger partial charge in [0.25, 0.3) is 6.43 Å². The first-order valence-corrected chi connectivity index (χ1v) is 9.42. The number of rotatable bonds is 5. The van der Waals surface area contributed by atoms with E-state index >= 15 is 0 Å². The van der Waals surface area contributed by atoms with Crippen LogP contribution in [0.2, 0.25) is 0 Å². The van der Waals surface area contributed by atoms with Gasteiger partial charge < -0.3 is 5.32 Å². The van der Waals surface area contributed by atoms with Gasteiger partial charge in [0.1, 0.15) is 11.5 Å². The van der Waals surface area contributed by atoms with Gasteiger partial charge in [-0.3, -0.25) is 0 Å². The van der Waals surface area contributed by atoms with E-state index in [1.807, 2.05) is 0 Å². The molecule has 7 nitrogen and oxygen atoms in total. The average molecular weight is 357 g/mol. The van der Waals surface area contributed by atoms with Crippen LogP contribution in [0.15, 0.2) is 23.2 Å². The summed E-state index contributed by atoms with van der Waals surface area (Å²) in [5, 5.41) is 14.3. The minimum atomic E-state index is -3.48. The first-order valence-electron chi connectivity index (χ1n) is 7.53. The molecule has 0 atom stereocenters. The molecule has 3 rings (SSSR count). The Morgan fingerprint density at radius 2 is 1.96 bits per heavy atom. The Bertz CT molecular complexity index is 814. The Morgan fingerprint density at radius 3 is 2.50 bits per heavy atom. The monoisotopic (exact) mass is 357 g/mol. The normalized spacial score (nSPS) is 16.0. The average Bonchev–Trinajstić information content (AvgIpc) is 3.17. The fourth-order valence-corrected chi connectivity index (χ4v) is 3.19. The van der Waals surface area contributed by atoms with Crippen molar-refractivity contribution in [2.45, 2.75) is 43.2 Å². The van der Waals surface area contributed by atoms with Crippen molar-refractivity contribution in [2.75, 3.05) is 11.6 Å². The van der Waals surface area contributed by atoms with E-state index in [0.717, 1.165) is 31.9 Å². The molecule has 1 fully saturated rings. The maximum Gasteiger partial charge on any atom is 0.282 e. The lowest BCUT2D eigenvalue weighted by atomic mass is 10.2. The summed E-state index contributed by atoms with van der Waals surface area (Å²) in [5.41, 5.74) is -0.371. The van der Waals surface area contributed by atoms with Gasteiger partial charge in [0.2, 0.25) is 0 Å². The van der Waals surface area contributed by atoms with Crippen LogP contribution in [0.1, 0.15) is 37.8 Å². The van der Waals surface area contributed by atoms with Crippen molar-refractivity contribution in [1.29, 1.82) is 0 Å². The summed E-state index contributed by atoms with van der Waals surface area (Å²) in [4.78, 5) is 0. The molecule has 0 radical (unpaired) electrons. The standard InChI is InChI=1S/C14H17F2N5O2S/c1-24(22,23)13-7-6-11(18-19-13)21-12(8-10(20-21)14(15)16)17-9-4-2-3-5-9/h6-9,14,17H,2-5H2,1H3. The number of nitrogens with one attached hydrogen (secondary N) is 1. The molecule has 0 aromatic carbocycles. The van der Waals surface area contributed by atoms with Gasteiger partial charge >= 0.3 is 0 Å². The highest BCUT2D eigenvalue weighted by molar-refractivity contribution is 7.90. The lowest BCUT2D eigenvalue weighted by Gasteiger charge is -2.14. The van der Waals surface area contributed by atoms with Gasteiger partial charge in [0.15, 0.2) is 20.7 Å². The molecule has 0 bridgehead atoms. The quantitative estimate of drug-likeness (QED) is 0.883. The number of anilines is 1. The van der Waals surface area contributed by atoms with Crippen LogP contribution < -0.4 is 5.32 Å². The van der Waals surface area contributed by atoms with E-state index in [4.69, 9.17) is 0 Å². The van der Waals surface area contributed by atoms with Crippen molar-refractivity contribution in [3.05, 3.63) is 23.9 Å². The van der Waals surface area contributed by atoms with Crippen LogP contribution in [0.25, 0.3) is 5.82 Å². The van der Waals surface area contributed by atoms with Crippen LogP contribution in [0, 0.1) is 0 Å². The molecule has 10 heteroatoms. The molecule has 2 heterocycles. The third kappa shape index (κ3) is 3.53. The van der Waals surface area contributed by atoms with E-state index in [1.54, 1.807) is 0 Å². The predicted octanol–water partition coefficient (Wildman–Crippen LogP) is 2.36. The summed E-state index contributed by atoms with van der Waals surface area (Å²) < 4.78 is 50.1. The Morgan fingerprint density at radius 1 is 1.25 bits per heavy atom. The smallest absolute Gasteiger partial charge is 0.282 e. The third-order valence-electron chi connectivity index (χ3n) is 3.88. The zero-order valence-corrected chi connectivity index (χ0v) is 13.8. The number of aromatic nitrogens is 4. The van der Waals surface area contributed by atoms with Crippen LogP contribution in [0.5, 0.6) is 0 Å². The Labute approximate surface area is 138 Å². The van der Waals surface area contributed by atoms with Gasteiger partial charge in [-0.1, -0.05) is 12.8 Å². The van der Waals surface area contributed by atoms with Crippen LogP contribution in [-0.4, -0.2) is 40.7 Å². The lowest BCUT2D eigenvalue weighted by Crippen LogP contribution is -2.18. The van der Waals surface area contributed by atoms with E-state index in [0.29, 0.717) is 5.82 Å². The van der Waals surface area contributed by atoms with E-state index in [-0.39, 0.29) is 22.6 Å². The third-order valence-corrected chi connectivity index (χ3v) is 4.86. The first kappa shape index (κ1) is 16.7. The molecular weight excluding hydrogens is 340 g/mol. The number of nitrogens with zero attached hydrogens (tertiary/aromatic N) is 4. The largest absolute Gasteiger partial charge is 0.367 e. The molecule has 1 aliphatic rings. The first-order chi connectivity index (χ1) is 11.3. The van der Waals surface area contributed by atoms with E-state index in [9.17, 15) is 17.2 Å². The van der Waals surface area contributed by atoms with Crippen molar-refractivity contribution < 1.29 is 17.2 Å². The Kier molecular flexibility index (Phi) is 4.48. The molecule has 0 saturated heterocycles. The van der Waals surface area contributed by atoms with Gasteiger partial charge in [-0.15, -0.1) is 10.2 Å². The molecule has 0 aliphatic heterocycles. The van der Waals surface area contributed by atoms with Gasteiger partial charge in [-0.2, -0.15) is 9.78 Å². The highest BCUT2D eigenvalue weighted by Gasteiger charge is 2.22.